The molecule has 2 atom stereocenters. The number of rotatable bonds is 4. The van der Waals surface area contributed by atoms with Gasteiger partial charge in [-0.1, -0.05) is 13.3 Å². The van der Waals surface area contributed by atoms with Crippen LogP contribution in [0.15, 0.2) is 5.38 Å². The molecule has 1 saturated heterocycles. The van der Waals surface area contributed by atoms with Crippen LogP contribution >= 0.6 is 11.3 Å². The molecule has 2 rings (SSSR count). The van der Waals surface area contributed by atoms with Crippen LogP contribution < -0.4 is 5.73 Å². The van der Waals surface area contributed by atoms with Gasteiger partial charge >= 0.3 is 0 Å². The Balaban J connectivity index is 1.99. The second-order valence-corrected chi connectivity index (χ2v) is 5.94. The number of amides is 1. The topological polar surface area (TPSA) is 59.2 Å². The summed E-state index contributed by atoms with van der Waals surface area (Å²) in [7, 11) is 0. The number of carbonyl (C=O) groups is 1. The van der Waals surface area contributed by atoms with Crippen molar-refractivity contribution in [2.75, 3.05) is 13.1 Å². The van der Waals surface area contributed by atoms with E-state index in [2.05, 4.69) is 11.9 Å². The number of likely N-dealkylation sites (tertiary alicyclic amines) is 1. The minimum absolute atomic E-state index is 0.0664. The van der Waals surface area contributed by atoms with Crippen molar-refractivity contribution < 1.29 is 4.79 Å². The van der Waals surface area contributed by atoms with Crippen molar-refractivity contribution in [3.8, 4) is 0 Å². The van der Waals surface area contributed by atoms with Crippen molar-refractivity contribution in [1.29, 1.82) is 0 Å². The Morgan fingerprint density at radius 2 is 2.50 bits per heavy atom. The summed E-state index contributed by atoms with van der Waals surface area (Å²) in [6.45, 7) is 5.84. The summed E-state index contributed by atoms with van der Waals surface area (Å²) in [6, 6.07) is -0.0945. The van der Waals surface area contributed by atoms with Crippen LogP contribution in [-0.4, -0.2) is 28.9 Å². The lowest BCUT2D eigenvalue weighted by Gasteiger charge is -2.14. The van der Waals surface area contributed by atoms with E-state index in [4.69, 9.17) is 5.73 Å². The SMILES string of the molecule is CCCC1CCN(C(=O)c2csc(C(C)N)n2)C1. The third-order valence-electron chi connectivity index (χ3n) is 3.40. The van der Waals surface area contributed by atoms with E-state index in [1.807, 2.05) is 17.2 Å². The lowest BCUT2D eigenvalue weighted by molar-refractivity contribution is 0.0781. The van der Waals surface area contributed by atoms with Crippen molar-refractivity contribution in [1.82, 2.24) is 9.88 Å². The number of nitrogens with zero attached hydrogens (tertiary/aromatic N) is 2. The molecule has 2 heterocycles. The highest BCUT2D eigenvalue weighted by Gasteiger charge is 2.27. The van der Waals surface area contributed by atoms with Gasteiger partial charge in [-0.25, -0.2) is 4.98 Å². The third-order valence-corrected chi connectivity index (χ3v) is 4.45. The molecule has 1 fully saturated rings. The molecule has 1 aliphatic heterocycles. The van der Waals surface area contributed by atoms with Crippen LogP contribution in [0.3, 0.4) is 0 Å². The molecule has 0 aliphatic carbocycles. The van der Waals surface area contributed by atoms with Crippen molar-refractivity contribution in [2.24, 2.45) is 11.7 Å². The zero-order valence-corrected chi connectivity index (χ0v) is 11.9. The van der Waals surface area contributed by atoms with Gasteiger partial charge in [-0.2, -0.15) is 0 Å². The fraction of sp³-hybridized carbons (Fsp3) is 0.692. The van der Waals surface area contributed by atoms with Crippen LogP contribution in [0.5, 0.6) is 0 Å². The number of thiazole rings is 1. The number of hydrogen-bond acceptors (Lipinski definition) is 4. The van der Waals surface area contributed by atoms with E-state index in [0.29, 0.717) is 11.6 Å². The maximum atomic E-state index is 12.3. The second-order valence-electron chi connectivity index (χ2n) is 5.05. The van der Waals surface area contributed by atoms with Gasteiger partial charge < -0.3 is 10.6 Å². The Morgan fingerprint density at radius 3 is 3.11 bits per heavy atom. The predicted octanol–water partition coefficient (Wildman–Crippen LogP) is 2.42. The van der Waals surface area contributed by atoms with E-state index >= 15 is 0 Å². The Bertz CT molecular complexity index is 416. The summed E-state index contributed by atoms with van der Waals surface area (Å²) in [5.74, 6) is 0.738. The maximum absolute atomic E-state index is 12.3. The first-order valence-electron chi connectivity index (χ1n) is 6.62. The summed E-state index contributed by atoms with van der Waals surface area (Å²) >= 11 is 1.47. The Hall–Kier alpha value is -0.940. The first-order valence-corrected chi connectivity index (χ1v) is 7.50. The minimum Gasteiger partial charge on any atom is -0.337 e. The summed E-state index contributed by atoms with van der Waals surface area (Å²) in [5.41, 5.74) is 6.32. The molecule has 1 aromatic heterocycles. The minimum atomic E-state index is -0.0945. The van der Waals surface area contributed by atoms with Crippen LogP contribution in [0.1, 0.15) is 54.6 Å². The predicted molar refractivity (Wildman–Crippen MR) is 73.6 cm³/mol. The molecule has 0 spiro atoms. The smallest absolute Gasteiger partial charge is 0.273 e. The van der Waals surface area contributed by atoms with Gasteiger partial charge in [0.15, 0.2) is 0 Å². The molecule has 4 nitrogen and oxygen atoms in total. The third kappa shape index (κ3) is 2.90. The zero-order chi connectivity index (χ0) is 13.1. The molecule has 0 radical (unpaired) electrons. The largest absolute Gasteiger partial charge is 0.337 e. The molecule has 100 valence electrons. The van der Waals surface area contributed by atoms with Crippen LogP contribution in [0.2, 0.25) is 0 Å². The van der Waals surface area contributed by atoms with Gasteiger partial charge in [-0.05, 0) is 25.7 Å². The van der Waals surface area contributed by atoms with Gasteiger partial charge in [0, 0.05) is 18.5 Å². The zero-order valence-electron chi connectivity index (χ0n) is 11.1. The molecule has 1 amide bonds. The molecule has 1 aliphatic rings. The summed E-state index contributed by atoms with van der Waals surface area (Å²) in [6.07, 6.45) is 3.54. The molecule has 2 unspecified atom stereocenters. The average molecular weight is 267 g/mol. The van der Waals surface area contributed by atoms with Crippen molar-refractivity contribution >= 4 is 17.2 Å². The Kier molecular flexibility index (Phi) is 4.35. The second kappa shape index (κ2) is 5.80. The summed E-state index contributed by atoms with van der Waals surface area (Å²) < 4.78 is 0. The van der Waals surface area contributed by atoms with E-state index < -0.39 is 0 Å². The summed E-state index contributed by atoms with van der Waals surface area (Å²) in [5, 5.41) is 2.66. The lowest BCUT2D eigenvalue weighted by Crippen LogP contribution is -2.29. The molecular formula is C13H21N3OS. The van der Waals surface area contributed by atoms with E-state index in [1.54, 1.807) is 0 Å². The quantitative estimate of drug-likeness (QED) is 0.911. The first kappa shape index (κ1) is 13.5. The molecule has 0 aromatic carbocycles. The molecule has 0 bridgehead atoms. The van der Waals surface area contributed by atoms with Gasteiger partial charge in [0.2, 0.25) is 0 Å². The Morgan fingerprint density at radius 1 is 1.72 bits per heavy atom. The maximum Gasteiger partial charge on any atom is 0.273 e. The monoisotopic (exact) mass is 267 g/mol. The lowest BCUT2D eigenvalue weighted by atomic mass is 10.0. The van der Waals surface area contributed by atoms with Crippen LogP contribution in [0, 0.1) is 5.92 Å². The van der Waals surface area contributed by atoms with E-state index in [9.17, 15) is 4.79 Å². The Labute approximate surface area is 112 Å². The van der Waals surface area contributed by atoms with Crippen LogP contribution in [0.4, 0.5) is 0 Å². The van der Waals surface area contributed by atoms with Gasteiger partial charge in [-0.3, -0.25) is 4.79 Å². The highest BCUT2D eigenvalue weighted by atomic mass is 32.1. The van der Waals surface area contributed by atoms with Crippen molar-refractivity contribution in [3.05, 3.63) is 16.1 Å². The highest BCUT2D eigenvalue weighted by Crippen LogP contribution is 2.23. The highest BCUT2D eigenvalue weighted by molar-refractivity contribution is 7.09. The van der Waals surface area contributed by atoms with E-state index in [0.717, 1.165) is 24.5 Å². The van der Waals surface area contributed by atoms with Crippen LogP contribution in [0.25, 0.3) is 0 Å². The molecule has 0 saturated carbocycles. The van der Waals surface area contributed by atoms with Crippen molar-refractivity contribution in [2.45, 2.75) is 39.2 Å². The molecule has 18 heavy (non-hydrogen) atoms. The molecule has 1 aromatic rings. The first-order chi connectivity index (χ1) is 8.61. The molecular weight excluding hydrogens is 246 g/mol. The normalized spacial score (nSPS) is 21.3. The number of hydrogen-bond donors (Lipinski definition) is 1. The summed E-state index contributed by atoms with van der Waals surface area (Å²) in [4.78, 5) is 18.5. The molecule has 5 heteroatoms. The van der Waals surface area contributed by atoms with E-state index in [-0.39, 0.29) is 11.9 Å². The van der Waals surface area contributed by atoms with Crippen LogP contribution in [-0.2, 0) is 0 Å². The van der Waals surface area contributed by atoms with E-state index in [1.165, 1.54) is 24.2 Å². The number of nitrogens with two attached hydrogens (primary N) is 1. The average Bonchev–Trinajstić information content (AvgIpc) is 2.97. The fourth-order valence-electron chi connectivity index (χ4n) is 2.42. The number of carbonyl (C=O) groups excluding carboxylic acids is 1. The van der Waals surface area contributed by atoms with Gasteiger partial charge in [0.1, 0.15) is 10.7 Å². The standard InChI is InChI=1S/C13H21N3OS/c1-3-4-10-5-6-16(7-10)13(17)11-8-18-12(15-11)9(2)14/h8-10H,3-7,14H2,1-2H3. The fourth-order valence-corrected chi connectivity index (χ4v) is 3.17. The van der Waals surface area contributed by atoms with Gasteiger partial charge in [0.05, 0.1) is 6.04 Å². The molecule has 2 N–H and O–H groups in total. The number of aromatic nitrogens is 1. The van der Waals surface area contributed by atoms with Gasteiger partial charge in [0.25, 0.3) is 5.91 Å². The van der Waals surface area contributed by atoms with Crippen molar-refractivity contribution in [3.63, 3.8) is 0 Å². The van der Waals surface area contributed by atoms with Gasteiger partial charge in [-0.15, -0.1) is 11.3 Å².